The van der Waals surface area contributed by atoms with Gasteiger partial charge in [-0.25, -0.2) is 0 Å². The minimum Gasteiger partial charge on any atom is -0.369 e. The van der Waals surface area contributed by atoms with Gasteiger partial charge in [0.15, 0.2) is 0 Å². The maximum Gasteiger partial charge on any atom is 0.270 e. The smallest absolute Gasteiger partial charge is 0.270 e. The van der Waals surface area contributed by atoms with Crippen LogP contribution in [0.1, 0.15) is 25.0 Å². The summed E-state index contributed by atoms with van der Waals surface area (Å²) < 4.78 is 0. The minimum atomic E-state index is -0.533. The van der Waals surface area contributed by atoms with Crippen LogP contribution in [0.4, 0.5) is 5.69 Å². The molecule has 0 bridgehead atoms. The Bertz CT molecular complexity index is 674. The summed E-state index contributed by atoms with van der Waals surface area (Å²) in [4.78, 5) is 10.5. The lowest BCUT2D eigenvalue weighted by Gasteiger charge is -2.04. The van der Waals surface area contributed by atoms with E-state index in [4.69, 9.17) is 22.9 Å². The molecule has 0 radical (unpaired) electrons. The predicted octanol–water partition coefficient (Wildman–Crippen LogP) is -0.410. The van der Waals surface area contributed by atoms with Crippen LogP contribution in [-0.4, -0.2) is 28.3 Å². The molecule has 0 atom stereocenters. The largest absolute Gasteiger partial charge is 0.369 e. The molecule has 1 aromatic carbocycles. The quantitative estimate of drug-likeness (QED) is 0.246. The second kappa shape index (κ2) is 7.49. The molecule has 0 aromatic heterocycles. The second-order valence-corrected chi connectivity index (χ2v) is 4.45. The van der Waals surface area contributed by atoms with Gasteiger partial charge in [0.1, 0.15) is 0 Å². The molecule has 0 aliphatic carbocycles. The fourth-order valence-corrected chi connectivity index (χ4v) is 1.52. The normalized spacial score (nSPS) is 11.7. The number of hydrogen-bond acceptors (Lipinski definition) is 6. The van der Waals surface area contributed by atoms with E-state index in [1.165, 1.54) is 12.1 Å². The third kappa shape index (κ3) is 5.41. The van der Waals surface area contributed by atoms with E-state index in [0.717, 1.165) is 0 Å². The van der Waals surface area contributed by atoms with Crippen LogP contribution in [-0.2, 0) is 0 Å². The third-order valence-corrected chi connectivity index (χ3v) is 2.60. The zero-order chi connectivity index (χ0) is 17.6. The van der Waals surface area contributed by atoms with Gasteiger partial charge in [-0.15, -0.1) is 10.2 Å². The van der Waals surface area contributed by atoms with Crippen LogP contribution in [0.5, 0.6) is 0 Å². The minimum absolute atomic E-state index is 0.143. The Kier molecular flexibility index (Phi) is 5.72. The fraction of sp³-hybridized carbons (Fsp3) is 0.167. The highest BCUT2D eigenvalue weighted by Gasteiger charge is 2.13. The first kappa shape index (κ1) is 17.6. The van der Waals surface area contributed by atoms with Crippen molar-refractivity contribution < 1.29 is 4.92 Å². The van der Waals surface area contributed by atoms with Gasteiger partial charge in [-0.3, -0.25) is 10.1 Å². The van der Waals surface area contributed by atoms with Crippen molar-refractivity contribution in [1.82, 2.24) is 0 Å². The fourth-order valence-electron chi connectivity index (χ4n) is 1.52. The van der Waals surface area contributed by atoms with Crippen LogP contribution < -0.4 is 22.9 Å². The summed E-state index contributed by atoms with van der Waals surface area (Å²) in [6.07, 6.45) is 0. The molecule has 1 aromatic rings. The van der Waals surface area contributed by atoms with E-state index in [-0.39, 0.29) is 17.6 Å². The van der Waals surface area contributed by atoms with Crippen molar-refractivity contribution in [1.29, 1.82) is 0 Å². The highest BCUT2D eigenvalue weighted by molar-refractivity contribution is 6.05. The van der Waals surface area contributed by atoms with E-state index < -0.39 is 4.92 Å². The number of rotatable bonds is 5. The molecule has 11 heteroatoms. The van der Waals surface area contributed by atoms with Crippen molar-refractivity contribution in [2.24, 2.45) is 43.3 Å². The number of non-ortho nitro benzene ring substituents is 1. The number of guanidine groups is 2. The molecule has 0 aliphatic rings. The maximum absolute atomic E-state index is 11.1. The molecule has 1 rings (SSSR count). The van der Waals surface area contributed by atoms with E-state index in [2.05, 4.69) is 20.4 Å². The van der Waals surface area contributed by atoms with Gasteiger partial charge >= 0.3 is 0 Å². The van der Waals surface area contributed by atoms with E-state index >= 15 is 0 Å². The number of nitro groups is 1. The summed E-state index contributed by atoms with van der Waals surface area (Å²) in [6, 6.07) is 4.33. The highest BCUT2D eigenvalue weighted by Crippen LogP contribution is 2.19. The van der Waals surface area contributed by atoms with Crippen LogP contribution in [0.2, 0.25) is 0 Å². The summed E-state index contributed by atoms with van der Waals surface area (Å²) >= 11 is 0. The van der Waals surface area contributed by atoms with Gasteiger partial charge in [0.25, 0.3) is 5.69 Å². The van der Waals surface area contributed by atoms with Gasteiger partial charge in [-0.05, 0) is 19.9 Å². The van der Waals surface area contributed by atoms with E-state index in [1.807, 2.05) is 0 Å². The zero-order valence-corrected chi connectivity index (χ0v) is 12.6. The Morgan fingerprint density at radius 2 is 1.26 bits per heavy atom. The second-order valence-electron chi connectivity index (χ2n) is 4.45. The Morgan fingerprint density at radius 1 is 0.870 bits per heavy atom. The van der Waals surface area contributed by atoms with Gasteiger partial charge in [0, 0.05) is 23.3 Å². The van der Waals surface area contributed by atoms with Crippen molar-refractivity contribution in [3.8, 4) is 0 Å². The number of nitrogens with zero attached hydrogens (tertiary/aromatic N) is 5. The van der Waals surface area contributed by atoms with Gasteiger partial charge in [0.05, 0.1) is 16.3 Å². The Labute approximate surface area is 131 Å². The summed E-state index contributed by atoms with van der Waals surface area (Å²) in [7, 11) is 0. The van der Waals surface area contributed by atoms with Crippen LogP contribution in [0, 0.1) is 10.1 Å². The first-order chi connectivity index (χ1) is 10.7. The summed E-state index contributed by atoms with van der Waals surface area (Å²) in [6.45, 7) is 3.22. The maximum atomic E-state index is 11.1. The van der Waals surface area contributed by atoms with Crippen molar-refractivity contribution in [2.45, 2.75) is 13.8 Å². The van der Waals surface area contributed by atoms with Crippen molar-refractivity contribution in [3.63, 3.8) is 0 Å². The number of benzene rings is 1. The molecule has 8 N–H and O–H groups in total. The van der Waals surface area contributed by atoms with Gasteiger partial charge in [-0.2, -0.15) is 10.2 Å². The number of nitro benzene ring substituents is 1. The third-order valence-electron chi connectivity index (χ3n) is 2.60. The SMILES string of the molecule is C/C(=N\N=C(N)N)c1cc(/C(C)=N/N=C(N)N)cc([N+](=O)[O-])c1. The summed E-state index contributed by atoms with van der Waals surface area (Å²) in [5.41, 5.74) is 22.3. The first-order valence-electron chi connectivity index (χ1n) is 6.27. The van der Waals surface area contributed by atoms with Crippen molar-refractivity contribution >= 4 is 29.0 Å². The van der Waals surface area contributed by atoms with Crippen molar-refractivity contribution in [3.05, 3.63) is 39.4 Å². The number of hydrogen-bond donors (Lipinski definition) is 4. The number of nitrogens with two attached hydrogens (primary N) is 4. The van der Waals surface area contributed by atoms with Crippen LogP contribution in [0.15, 0.2) is 38.6 Å². The van der Waals surface area contributed by atoms with Crippen LogP contribution >= 0.6 is 0 Å². The van der Waals surface area contributed by atoms with E-state index in [1.54, 1.807) is 19.9 Å². The molecule has 0 aliphatic heterocycles. The molecule has 0 spiro atoms. The van der Waals surface area contributed by atoms with E-state index in [0.29, 0.717) is 22.6 Å². The highest BCUT2D eigenvalue weighted by atomic mass is 16.6. The summed E-state index contributed by atoms with van der Waals surface area (Å²) in [5, 5.41) is 25.7. The monoisotopic (exact) mass is 319 g/mol. The van der Waals surface area contributed by atoms with Gasteiger partial charge < -0.3 is 22.9 Å². The predicted molar refractivity (Wildman–Crippen MR) is 89.1 cm³/mol. The zero-order valence-electron chi connectivity index (χ0n) is 12.6. The first-order valence-corrected chi connectivity index (χ1v) is 6.27. The molecule has 0 amide bonds. The Morgan fingerprint density at radius 3 is 1.57 bits per heavy atom. The molecular weight excluding hydrogens is 302 g/mol. The van der Waals surface area contributed by atoms with Gasteiger partial charge in [0.2, 0.25) is 11.9 Å². The molecule has 0 fully saturated rings. The lowest BCUT2D eigenvalue weighted by Crippen LogP contribution is -2.22. The average Bonchev–Trinajstić information content (AvgIpc) is 2.49. The molecule has 0 heterocycles. The molecule has 11 nitrogen and oxygen atoms in total. The van der Waals surface area contributed by atoms with Crippen molar-refractivity contribution in [2.75, 3.05) is 0 Å². The summed E-state index contributed by atoms with van der Waals surface area (Å²) in [5.74, 6) is -0.444. The van der Waals surface area contributed by atoms with E-state index in [9.17, 15) is 10.1 Å². The van der Waals surface area contributed by atoms with Gasteiger partial charge in [-0.1, -0.05) is 0 Å². The van der Waals surface area contributed by atoms with Crippen LogP contribution in [0.3, 0.4) is 0 Å². The molecule has 0 unspecified atom stereocenters. The molecule has 0 saturated heterocycles. The average molecular weight is 319 g/mol. The standard InChI is InChI=1S/C12H17N9O2/c1-6(17-19-11(13)14)8-3-9(5-10(4-8)21(22)23)7(2)18-20-12(15)16/h3-5H,1-2H3,(H4,13,14,19)(H4,15,16,20)/b17-6+,18-7+. The Hall–Kier alpha value is -3.50. The Balaban J connectivity index is 3.42. The lowest BCUT2D eigenvalue weighted by molar-refractivity contribution is -0.384. The van der Waals surface area contributed by atoms with Crippen LogP contribution in [0.25, 0.3) is 0 Å². The molecule has 0 saturated carbocycles. The topological polar surface area (TPSA) is 197 Å². The molecule has 23 heavy (non-hydrogen) atoms. The molecule has 122 valence electrons. The molecular formula is C12H17N9O2. The lowest BCUT2D eigenvalue weighted by atomic mass is 10.0.